The Balaban J connectivity index is 2.11. The van der Waals surface area contributed by atoms with E-state index in [1.54, 1.807) is 4.90 Å². The molecule has 1 amide bonds. The van der Waals surface area contributed by atoms with E-state index in [4.69, 9.17) is 0 Å². The number of halogens is 1. The van der Waals surface area contributed by atoms with E-state index in [1.165, 1.54) is 6.07 Å². The lowest BCUT2D eigenvalue weighted by molar-refractivity contribution is 0.0755. The summed E-state index contributed by atoms with van der Waals surface area (Å²) < 4.78 is 13.2. The van der Waals surface area contributed by atoms with Crippen LogP contribution in [-0.4, -0.2) is 29.0 Å². The van der Waals surface area contributed by atoms with Gasteiger partial charge in [-0.1, -0.05) is 13.8 Å². The molecule has 0 aliphatic carbocycles. The molecule has 20 heavy (non-hydrogen) atoms. The maximum atomic E-state index is 13.2. The highest BCUT2D eigenvalue weighted by Gasteiger charge is 2.24. The van der Waals surface area contributed by atoms with Crippen LogP contribution in [0.25, 0.3) is 0 Å². The first kappa shape index (κ1) is 14.8. The number of benzene rings is 1. The zero-order valence-electron chi connectivity index (χ0n) is 12.1. The number of nitrogens with zero attached hydrogens (tertiary/aromatic N) is 1. The number of carbonyl (C=O) groups excluding carboxylic acids is 1. The number of phenols is 1. The van der Waals surface area contributed by atoms with Crippen LogP contribution in [0.1, 0.15) is 43.5 Å². The molecule has 1 aromatic rings. The lowest BCUT2D eigenvalue weighted by Gasteiger charge is -2.22. The number of rotatable bonds is 2. The molecule has 1 heterocycles. The molecule has 2 rings (SSSR count). The largest absolute Gasteiger partial charge is 0.507 e. The van der Waals surface area contributed by atoms with Gasteiger partial charge in [-0.15, -0.1) is 0 Å². The maximum absolute atomic E-state index is 13.2. The molecule has 1 atom stereocenters. The van der Waals surface area contributed by atoms with Crippen LogP contribution in [0.5, 0.6) is 5.75 Å². The fourth-order valence-electron chi connectivity index (χ4n) is 2.84. The third kappa shape index (κ3) is 3.30. The fraction of sp³-hybridized carbons (Fsp3) is 0.562. The standard InChI is InChI=1S/C16H22FNO2/c1-11(2)12-4-3-8-18(9-7-12)16(20)14-10-13(17)5-6-15(14)19/h5-6,10-12,19H,3-4,7-9H2,1-2H3. The van der Waals surface area contributed by atoms with Crippen molar-refractivity contribution in [3.05, 3.63) is 29.6 Å². The van der Waals surface area contributed by atoms with Crippen LogP contribution >= 0.6 is 0 Å². The van der Waals surface area contributed by atoms with Crippen LogP contribution in [0, 0.1) is 17.7 Å². The van der Waals surface area contributed by atoms with Gasteiger partial charge in [0.1, 0.15) is 11.6 Å². The molecule has 1 aliphatic heterocycles. The van der Waals surface area contributed by atoms with Crippen molar-refractivity contribution in [3.63, 3.8) is 0 Å². The molecule has 1 aromatic carbocycles. The highest BCUT2D eigenvalue weighted by molar-refractivity contribution is 5.96. The molecule has 0 bridgehead atoms. The number of likely N-dealkylation sites (tertiary alicyclic amines) is 1. The number of aromatic hydroxyl groups is 1. The van der Waals surface area contributed by atoms with Gasteiger partial charge in [0.2, 0.25) is 0 Å². The molecule has 0 radical (unpaired) electrons. The van der Waals surface area contributed by atoms with Gasteiger partial charge in [-0.2, -0.15) is 0 Å². The summed E-state index contributed by atoms with van der Waals surface area (Å²) in [6.07, 6.45) is 3.06. The predicted molar refractivity (Wildman–Crippen MR) is 76.1 cm³/mol. The van der Waals surface area contributed by atoms with Crippen molar-refractivity contribution in [3.8, 4) is 5.75 Å². The van der Waals surface area contributed by atoms with Crippen LogP contribution < -0.4 is 0 Å². The van der Waals surface area contributed by atoms with Crippen LogP contribution in [0.4, 0.5) is 4.39 Å². The second-order valence-electron chi connectivity index (χ2n) is 5.89. The maximum Gasteiger partial charge on any atom is 0.257 e. The highest BCUT2D eigenvalue weighted by atomic mass is 19.1. The normalized spacial score (nSPS) is 20.0. The van der Waals surface area contributed by atoms with Crippen molar-refractivity contribution in [2.45, 2.75) is 33.1 Å². The Morgan fingerprint density at radius 3 is 2.80 bits per heavy atom. The Hall–Kier alpha value is -1.58. The Kier molecular flexibility index (Phi) is 4.63. The molecule has 1 fully saturated rings. The molecule has 0 spiro atoms. The smallest absolute Gasteiger partial charge is 0.257 e. The summed E-state index contributed by atoms with van der Waals surface area (Å²) in [5, 5.41) is 9.73. The second-order valence-corrected chi connectivity index (χ2v) is 5.89. The van der Waals surface area contributed by atoms with E-state index in [0.29, 0.717) is 24.9 Å². The highest BCUT2D eigenvalue weighted by Crippen LogP contribution is 2.26. The lowest BCUT2D eigenvalue weighted by Crippen LogP contribution is -2.32. The summed E-state index contributed by atoms with van der Waals surface area (Å²) in [5.41, 5.74) is 0.0630. The summed E-state index contributed by atoms with van der Waals surface area (Å²) in [5.74, 6) is 0.329. The van der Waals surface area contributed by atoms with Crippen molar-refractivity contribution >= 4 is 5.91 Å². The molecule has 1 aliphatic rings. The minimum atomic E-state index is -0.499. The molecule has 0 saturated carbocycles. The summed E-state index contributed by atoms with van der Waals surface area (Å²) in [6.45, 7) is 5.77. The summed E-state index contributed by atoms with van der Waals surface area (Å²) in [4.78, 5) is 14.1. The zero-order chi connectivity index (χ0) is 14.7. The van der Waals surface area contributed by atoms with Crippen LogP contribution in [0.2, 0.25) is 0 Å². The topological polar surface area (TPSA) is 40.5 Å². The first-order valence-corrected chi connectivity index (χ1v) is 7.27. The first-order valence-electron chi connectivity index (χ1n) is 7.27. The van der Waals surface area contributed by atoms with Gasteiger partial charge in [0.15, 0.2) is 0 Å². The predicted octanol–water partition coefficient (Wildman–Crippen LogP) is 3.43. The molecular formula is C16H22FNO2. The van der Waals surface area contributed by atoms with E-state index < -0.39 is 5.82 Å². The molecule has 0 aromatic heterocycles. The summed E-state index contributed by atoms with van der Waals surface area (Å²) >= 11 is 0. The second kappa shape index (κ2) is 6.25. The number of phenolic OH excluding ortho intramolecular Hbond substituents is 1. The van der Waals surface area contributed by atoms with E-state index in [0.717, 1.165) is 31.4 Å². The average molecular weight is 279 g/mol. The quantitative estimate of drug-likeness (QED) is 0.901. The van der Waals surface area contributed by atoms with Gasteiger partial charge in [-0.25, -0.2) is 4.39 Å². The van der Waals surface area contributed by atoms with Crippen molar-refractivity contribution in [1.29, 1.82) is 0 Å². The van der Waals surface area contributed by atoms with Gasteiger partial charge >= 0.3 is 0 Å². The SMILES string of the molecule is CC(C)C1CCCN(C(=O)c2cc(F)ccc2O)CC1. The first-order chi connectivity index (χ1) is 9.49. The Bertz CT molecular complexity index is 487. The number of carbonyl (C=O) groups is 1. The van der Waals surface area contributed by atoms with E-state index in [1.807, 2.05) is 0 Å². The van der Waals surface area contributed by atoms with Crippen LogP contribution in [0.3, 0.4) is 0 Å². The lowest BCUT2D eigenvalue weighted by atomic mass is 9.89. The molecule has 1 N–H and O–H groups in total. The number of hydrogen-bond donors (Lipinski definition) is 1. The fourth-order valence-corrected chi connectivity index (χ4v) is 2.84. The van der Waals surface area contributed by atoms with Crippen molar-refractivity contribution in [2.75, 3.05) is 13.1 Å². The average Bonchev–Trinajstić information content (AvgIpc) is 2.66. The molecule has 1 saturated heterocycles. The zero-order valence-corrected chi connectivity index (χ0v) is 12.1. The number of amides is 1. The van der Waals surface area contributed by atoms with E-state index in [2.05, 4.69) is 13.8 Å². The minimum absolute atomic E-state index is 0.0630. The third-order valence-electron chi connectivity index (χ3n) is 4.19. The van der Waals surface area contributed by atoms with Crippen molar-refractivity contribution in [2.24, 2.45) is 11.8 Å². The summed E-state index contributed by atoms with van der Waals surface area (Å²) in [7, 11) is 0. The van der Waals surface area contributed by atoms with Crippen molar-refractivity contribution in [1.82, 2.24) is 4.90 Å². The Morgan fingerprint density at radius 1 is 1.35 bits per heavy atom. The molecule has 4 heteroatoms. The third-order valence-corrected chi connectivity index (χ3v) is 4.19. The van der Waals surface area contributed by atoms with Gasteiger partial charge in [0, 0.05) is 13.1 Å². The van der Waals surface area contributed by atoms with E-state index in [9.17, 15) is 14.3 Å². The van der Waals surface area contributed by atoms with Crippen LogP contribution in [-0.2, 0) is 0 Å². The van der Waals surface area contributed by atoms with Gasteiger partial charge in [0.05, 0.1) is 5.56 Å². The molecular weight excluding hydrogens is 257 g/mol. The molecule has 1 unspecified atom stereocenters. The molecule has 110 valence electrons. The van der Waals surface area contributed by atoms with Gasteiger partial charge in [0.25, 0.3) is 5.91 Å². The van der Waals surface area contributed by atoms with E-state index >= 15 is 0 Å². The van der Waals surface area contributed by atoms with Gasteiger partial charge in [-0.05, 0) is 49.3 Å². The Morgan fingerprint density at radius 2 is 2.10 bits per heavy atom. The Labute approximate surface area is 119 Å². The van der Waals surface area contributed by atoms with Gasteiger partial charge < -0.3 is 10.0 Å². The molecule has 3 nitrogen and oxygen atoms in total. The monoisotopic (exact) mass is 279 g/mol. The summed E-state index contributed by atoms with van der Waals surface area (Å²) in [6, 6.07) is 3.50. The van der Waals surface area contributed by atoms with Gasteiger partial charge in [-0.3, -0.25) is 4.79 Å². The van der Waals surface area contributed by atoms with Crippen molar-refractivity contribution < 1.29 is 14.3 Å². The minimum Gasteiger partial charge on any atom is -0.507 e. The number of hydrogen-bond acceptors (Lipinski definition) is 2. The van der Waals surface area contributed by atoms with Crippen LogP contribution in [0.15, 0.2) is 18.2 Å². The van der Waals surface area contributed by atoms with E-state index in [-0.39, 0.29) is 17.2 Å².